The Morgan fingerprint density at radius 1 is 1.35 bits per heavy atom. The van der Waals surface area contributed by atoms with E-state index >= 15 is 0 Å². The number of rotatable bonds is 1. The molecule has 17 heavy (non-hydrogen) atoms. The van der Waals surface area contributed by atoms with E-state index in [4.69, 9.17) is 4.74 Å². The molecule has 2 aliphatic carbocycles. The van der Waals surface area contributed by atoms with E-state index in [1.54, 1.807) is 0 Å². The third-order valence-corrected chi connectivity index (χ3v) is 4.01. The minimum atomic E-state index is -0.113. The summed E-state index contributed by atoms with van der Waals surface area (Å²) in [6.45, 7) is 2.06. The van der Waals surface area contributed by atoms with Gasteiger partial charge in [-0.3, -0.25) is 0 Å². The second-order valence-electron chi connectivity index (χ2n) is 4.92. The van der Waals surface area contributed by atoms with Crippen LogP contribution < -0.4 is 0 Å². The Balaban J connectivity index is 1.90. The van der Waals surface area contributed by atoms with E-state index < -0.39 is 0 Å². The number of hydrogen-bond acceptors (Lipinski definition) is 1. The highest BCUT2D eigenvalue weighted by Gasteiger charge is 2.58. The maximum Gasteiger partial charge on any atom is 0.139 e. The lowest BCUT2D eigenvalue weighted by molar-refractivity contribution is 0.366. The number of fused-ring (bicyclic) bond motifs is 4. The predicted molar refractivity (Wildman–Crippen MR) is 68.6 cm³/mol. The van der Waals surface area contributed by atoms with E-state index in [0.717, 1.165) is 6.42 Å². The molecule has 1 fully saturated rings. The van der Waals surface area contributed by atoms with E-state index in [2.05, 4.69) is 55.5 Å². The topological polar surface area (TPSA) is 12.5 Å². The molecule has 1 nitrogen and oxygen atoms in total. The van der Waals surface area contributed by atoms with E-state index in [1.807, 2.05) is 0 Å². The van der Waals surface area contributed by atoms with Crippen LogP contribution in [-0.4, -0.2) is 11.7 Å². The van der Waals surface area contributed by atoms with Gasteiger partial charge in [0.25, 0.3) is 0 Å². The molecule has 4 rings (SSSR count). The van der Waals surface area contributed by atoms with Crippen LogP contribution in [-0.2, 0) is 11.2 Å². The van der Waals surface area contributed by atoms with Crippen molar-refractivity contribution < 1.29 is 4.74 Å². The minimum Gasteiger partial charge on any atom is -0.352 e. The average molecular weight is 222 g/mol. The maximum atomic E-state index is 5.92. The molecule has 0 saturated carbocycles. The first-order chi connectivity index (χ1) is 8.35. The molecule has 0 radical (unpaired) electrons. The van der Waals surface area contributed by atoms with Gasteiger partial charge in [-0.05, 0) is 41.7 Å². The van der Waals surface area contributed by atoms with Gasteiger partial charge in [-0.1, -0.05) is 42.5 Å². The summed E-state index contributed by atoms with van der Waals surface area (Å²) < 4.78 is 5.92. The zero-order chi connectivity index (χ0) is 11.5. The average Bonchev–Trinajstić information content (AvgIpc) is 2.95. The van der Waals surface area contributed by atoms with Gasteiger partial charge >= 0.3 is 0 Å². The Morgan fingerprint density at radius 2 is 2.24 bits per heavy atom. The Labute approximate surface area is 101 Å². The minimum absolute atomic E-state index is 0.113. The number of benzene rings is 1. The molecule has 1 aromatic rings. The van der Waals surface area contributed by atoms with Crippen molar-refractivity contribution in [2.45, 2.75) is 25.0 Å². The number of hydrogen-bond donors (Lipinski definition) is 0. The number of allylic oxidation sites excluding steroid dienone is 3. The quantitative estimate of drug-likeness (QED) is 0.524. The summed E-state index contributed by atoms with van der Waals surface area (Å²) in [4.78, 5) is 0. The van der Waals surface area contributed by atoms with E-state index in [1.165, 1.54) is 22.3 Å². The first kappa shape index (κ1) is 9.43. The smallest absolute Gasteiger partial charge is 0.139 e. The van der Waals surface area contributed by atoms with Crippen molar-refractivity contribution in [3.63, 3.8) is 0 Å². The van der Waals surface area contributed by atoms with Crippen LogP contribution in [0.5, 0.6) is 0 Å². The molecule has 1 aliphatic heterocycles. The van der Waals surface area contributed by atoms with Gasteiger partial charge in [-0.25, -0.2) is 0 Å². The molecule has 0 N–H and O–H groups in total. The van der Waals surface area contributed by atoms with Crippen molar-refractivity contribution in [3.8, 4) is 0 Å². The SMILES string of the molecule is CC=CC12OC1C=CC1=C2Cc2ccccc21. The van der Waals surface area contributed by atoms with Crippen LogP contribution in [0, 0.1) is 0 Å². The summed E-state index contributed by atoms with van der Waals surface area (Å²) in [5, 5.41) is 0. The van der Waals surface area contributed by atoms with Gasteiger partial charge in [-0.15, -0.1) is 0 Å². The molecule has 0 spiro atoms. The molecule has 2 unspecified atom stereocenters. The summed E-state index contributed by atoms with van der Waals surface area (Å²) in [6, 6.07) is 8.68. The number of ether oxygens (including phenoxy) is 1. The van der Waals surface area contributed by atoms with Crippen LogP contribution in [0.15, 0.2) is 54.1 Å². The fourth-order valence-electron chi connectivity index (χ4n) is 3.19. The Morgan fingerprint density at radius 3 is 3.12 bits per heavy atom. The standard InChI is InChI=1S/C16H14O/c1-2-9-16-14-10-11-5-3-4-6-12(11)13(14)7-8-15(16)17-16/h2-9,15H,10H2,1H3. The second-order valence-corrected chi connectivity index (χ2v) is 4.92. The molecular weight excluding hydrogens is 208 g/mol. The van der Waals surface area contributed by atoms with Gasteiger partial charge in [0.1, 0.15) is 11.7 Å². The van der Waals surface area contributed by atoms with Crippen molar-refractivity contribution in [1.29, 1.82) is 0 Å². The van der Waals surface area contributed by atoms with Gasteiger partial charge in [0, 0.05) is 0 Å². The van der Waals surface area contributed by atoms with Crippen LogP contribution in [0.1, 0.15) is 18.1 Å². The molecule has 84 valence electrons. The Bertz CT molecular complexity index is 591. The van der Waals surface area contributed by atoms with Gasteiger partial charge in [-0.2, -0.15) is 0 Å². The fraction of sp³-hybridized carbons (Fsp3) is 0.250. The van der Waals surface area contributed by atoms with Crippen molar-refractivity contribution in [2.24, 2.45) is 0 Å². The van der Waals surface area contributed by atoms with Crippen LogP contribution in [0.3, 0.4) is 0 Å². The van der Waals surface area contributed by atoms with Crippen molar-refractivity contribution in [2.75, 3.05) is 0 Å². The highest BCUT2D eigenvalue weighted by atomic mass is 16.6. The second kappa shape index (κ2) is 2.99. The molecule has 1 aromatic carbocycles. The first-order valence-corrected chi connectivity index (χ1v) is 6.17. The van der Waals surface area contributed by atoms with Crippen LogP contribution in [0.25, 0.3) is 5.57 Å². The lowest BCUT2D eigenvalue weighted by atomic mass is 9.86. The lowest BCUT2D eigenvalue weighted by Gasteiger charge is -2.14. The molecule has 0 bridgehead atoms. The van der Waals surface area contributed by atoms with E-state index in [-0.39, 0.29) is 11.7 Å². The monoisotopic (exact) mass is 222 g/mol. The zero-order valence-electron chi connectivity index (χ0n) is 9.81. The largest absolute Gasteiger partial charge is 0.352 e. The summed E-state index contributed by atoms with van der Waals surface area (Å²) in [5.41, 5.74) is 5.54. The summed E-state index contributed by atoms with van der Waals surface area (Å²) in [7, 11) is 0. The van der Waals surface area contributed by atoms with Gasteiger partial charge in [0.2, 0.25) is 0 Å². The van der Waals surface area contributed by atoms with Crippen molar-refractivity contribution in [3.05, 3.63) is 65.3 Å². The molecule has 2 atom stereocenters. The van der Waals surface area contributed by atoms with Crippen LogP contribution >= 0.6 is 0 Å². The van der Waals surface area contributed by atoms with Crippen LogP contribution in [0.2, 0.25) is 0 Å². The zero-order valence-corrected chi connectivity index (χ0v) is 9.81. The predicted octanol–water partition coefficient (Wildman–Crippen LogP) is 3.28. The molecule has 0 aromatic heterocycles. The molecule has 1 saturated heterocycles. The highest BCUT2D eigenvalue weighted by Crippen LogP contribution is 2.54. The summed E-state index contributed by atoms with van der Waals surface area (Å²) in [5.74, 6) is 0. The fourth-order valence-corrected chi connectivity index (χ4v) is 3.19. The third kappa shape index (κ3) is 1.07. The van der Waals surface area contributed by atoms with Gasteiger partial charge in [0.05, 0.1) is 0 Å². The van der Waals surface area contributed by atoms with Gasteiger partial charge in [0.15, 0.2) is 0 Å². The maximum absolute atomic E-state index is 5.92. The molecule has 1 heteroatoms. The molecule has 1 heterocycles. The first-order valence-electron chi connectivity index (χ1n) is 6.17. The van der Waals surface area contributed by atoms with E-state index in [9.17, 15) is 0 Å². The Kier molecular flexibility index (Phi) is 1.66. The van der Waals surface area contributed by atoms with Gasteiger partial charge < -0.3 is 4.74 Å². The van der Waals surface area contributed by atoms with Crippen LogP contribution in [0.4, 0.5) is 0 Å². The van der Waals surface area contributed by atoms with Crippen molar-refractivity contribution >= 4 is 5.57 Å². The molecular formula is C16H14O. The number of epoxide rings is 1. The molecule has 0 amide bonds. The van der Waals surface area contributed by atoms with E-state index in [0.29, 0.717) is 0 Å². The van der Waals surface area contributed by atoms with Crippen molar-refractivity contribution in [1.82, 2.24) is 0 Å². The lowest BCUT2D eigenvalue weighted by Crippen LogP contribution is -2.17. The summed E-state index contributed by atoms with van der Waals surface area (Å²) >= 11 is 0. The summed E-state index contributed by atoms with van der Waals surface area (Å²) in [6.07, 6.45) is 10.1. The third-order valence-electron chi connectivity index (χ3n) is 4.01. The highest BCUT2D eigenvalue weighted by molar-refractivity contribution is 5.87. The normalized spacial score (nSPS) is 32.6. The Hall–Kier alpha value is -1.60. The molecule has 3 aliphatic rings.